The average molecular weight is 320 g/mol. The van der Waals surface area contributed by atoms with Gasteiger partial charge >= 0.3 is 6.09 Å². The number of nitrogen functional groups attached to an aromatic ring is 1. The summed E-state index contributed by atoms with van der Waals surface area (Å²) in [4.78, 5) is 22.4. The molecule has 0 saturated carbocycles. The Morgan fingerprint density at radius 1 is 1.22 bits per heavy atom. The lowest BCUT2D eigenvalue weighted by molar-refractivity contribution is 0.0534. The highest BCUT2D eigenvalue weighted by Gasteiger charge is 2.14. The number of alkyl carbamates (subject to hydrolysis) is 1. The van der Waals surface area contributed by atoms with Crippen molar-refractivity contribution >= 4 is 23.4 Å². The number of amides is 2. The van der Waals surface area contributed by atoms with Gasteiger partial charge in [-0.15, -0.1) is 0 Å². The summed E-state index contributed by atoms with van der Waals surface area (Å²) in [6, 6.07) is 4.83. The fourth-order valence-electron chi connectivity index (χ4n) is 1.67. The number of ether oxygens (including phenoxy) is 1. The van der Waals surface area contributed by atoms with Crippen molar-refractivity contribution in [3.05, 3.63) is 35.9 Å². The van der Waals surface area contributed by atoms with E-state index < -0.39 is 17.6 Å². The molecule has 1 rings (SSSR count). The van der Waals surface area contributed by atoms with Crippen LogP contribution in [0, 0.1) is 0 Å². The molecule has 23 heavy (non-hydrogen) atoms. The van der Waals surface area contributed by atoms with Crippen molar-refractivity contribution in [2.45, 2.75) is 26.4 Å². The minimum absolute atomic E-state index is 0.366. The number of nitrogens with one attached hydrogen (secondary N) is 2. The number of anilines is 2. The molecule has 0 spiro atoms. The molecule has 0 aliphatic rings. The SMILES string of the molecule is CC(C)(C)OC(=O)NCC=CCNc1ccc(C(N)=O)cc1N. The standard InChI is InChI=1S/C16H24N4O3/c1-16(2,3)23-15(22)20-9-5-4-8-19-13-7-6-11(14(18)21)10-12(13)17/h4-7,10,19H,8-9,17H2,1-3H3,(H2,18,21)(H,20,22). The minimum Gasteiger partial charge on any atom is -0.444 e. The maximum atomic E-state index is 11.4. The molecule has 6 N–H and O–H groups in total. The molecule has 0 bridgehead atoms. The van der Waals surface area contributed by atoms with Gasteiger partial charge in [-0.2, -0.15) is 0 Å². The molecular weight excluding hydrogens is 296 g/mol. The van der Waals surface area contributed by atoms with Crippen LogP contribution in [0.5, 0.6) is 0 Å². The number of primary amides is 1. The van der Waals surface area contributed by atoms with E-state index in [-0.39, 0.29) is 0 Å². The summed E-state index contributed by atoms with van der Waals surface area (Å²) in [5, 5.41) is 5.71. The molecule has 0 aliphatic heterocycles. The van der Waals surface area contributed by atoms with Crippen LogP contribution in [0.4, 0.5) is 16.2 Å². The molecule has 1 aromatic rings. The van der Waals surface area contributed by atoms with Gasteiger partial charge in [0.1, 0.15) is 5.60 Å². The van der Waals surface area contributed by atoms with E-state index in [2.05, 4.69) is 10.6 Å². The Balaban J connectivity index is 2.34. The number of hydrogen-bond donors (Lipinski definition) is 4. The Morgan fingerprint density at radius 3 is 2.43 bits per heavy atom. The predicted molar refractivity (Wildman–Crippen MR) is 91.2 cm³/mol. The van der Waals surface area contributed by atoms with Gasteiger partial charge in [0.2, 0.25) is 5.91 Å². The molecule has 126 valence electrons. The first kappa shape index (κ1) is 18.3. The molecular formula is C16H24N4O3. The van der Waals surface area contributed by atoms with Gasteiger partial charge in [0.25, 0.3) is 0 Å². The largest absolute Gasteiger partial charge is 0.444 e. The molecule has 7 heteroatoms. The lowest BCUT2D eigenvalue weighted by atomic mass is 10.1. The van der Waals surface area contributed by atoms with E-state index in [9.17, 15) is 9.59 Å². The molecule has 0 heterocycles. The Morgan fingerprint density at radius 2 is 1.87 bits per heavy atom. The Labute approximate surface area is 136 Å². The number of carbonyl (C=O) groups is 2. The smallest absolute Gasteiger partial charge is 0.407 e. The molecule has 0 aliphatic carbocycles. The van der Waals surface area contributed by atoms with Crippen LogP contribution in [0.2, 0.25) is 0 Å². The van der Waals surface area contributed by atoms with E-state index in [1.54, 1.807) is 39.0 Å². The summed E-state index contributed by atoms with van der Waals surface area (Å²) < 4.78 is 5.11. The van der Waals surface area contributed by atoms with Crippen LogP contribution in [0.3, 0.4) is 0 Å². The molecule has 2 amide bonds. The van der Waals surface area contributed by atoms with Crippen LogP contribution in [0.1, 0.15) is 31.1 Å². The summed E-state index contributed by atoms with van der Waals surface area (Å²) in [5.74, 6) is -0.517. The van der Waals surface area contributed by atoms with Gasteiger partial charge in [-0.3, -0.25) is 4.79 Å². The third kappa shape index (κ3) is 7.21. The summed E-state index contributed by atoms with van der Waals surface area (Å²) >= 11 is 0. The van der Waals surface area contributed by atoms with E-state index in [1.165, 1.54) is 6.07 Å². The normalized spacial score (nSPS) is 11.3. The monoisotopic (exact) mass is 320 g/mol. The summed E-state index contributed by atoms with van der Waals surface area (Å²) in [6.07, 6.45) is 3.19. The zero-order valence-electron chi connectivity index (χ0n) is 13.7. The van der Waals surface area contributed by atoms with E-state index in [1.807, 2.05) is 6.08 Å². The molecule has 0 fully saturated rings. The van der Waals surface area contributed by atoms with E-state index in [0.717, 1.165) is 0 Å². The zero-order valence-corrected chi connectivity index (χ0v) is 13.7. The predicted octanol–water partition coefficient (Wildman–Crippen LogP) is 1.86. The van der Waals surface area contributed by atoms with Crippen molar-refractivity contribution in [2.75, 3.05) is 24.1 Å². The zero-order chi connectivity index (χ0) is 17.5. The lowest BCUT2D eigenvalue weighted by Crippen LogP contribution is -2.32. The van der Waals surface area contributed by atoms with Crippen molar-refractivity contribution in [1.82, 2.24) is 5.32 Å². The fraction of sp³-hybridized carbons (Fsp3) is 0.375. The molecule has 7 nitrogen and oxygen atoms in total. The third-order valence-electron chi connectivity index (χ3n) is 2.68. The molecule has 0 radical (unpaired) electrons. The second-order valence-corrected chi connectivity index (χ2v) is 5.90. The maximum Gasteiger partial charge on any atom is 0.407 e. The quantitative estimate of drug-likeness (QED) is 0.471. The van der Waals surface area contributed by atoms with Crippen LogP contribution in [-0.2, 0) is 4.74 Å². The first-order chi connectivity index (χ1) is 10.7. The number of hydrogen-bond acceptors (Lipinski definition) is 5. The van der Waals surface area contributed by atoms with Crippen LogP contribution >= 0.6 is 0 Å². The third-order valence-corrected chi connectivity index (χ3v) is 2.68. The highest BCUT2D eigenvalue weighted by atomic mass is 16.6. The molecule has 0 aromatic heterocycles. The number of nitrogens with two attached hydrogens (primary N) is 2. The fourth-order valence-corrected chi connectivity index (χ4v) is 1.67. The Hall–Kier alpha value is -2.70. The summed E-state index contributed by atoms with van der Waals surface area (Å²) in [7, 11) is 0. The van der Waals surface area contributed by atoms with Crippen molar-refractivity contribution in [1.29, 1.82) is 0 Å². The molecule has 0 saturated heterocycles. The van der Waals surface area contributed by atoms with Gasteiger partial charge in [-0.05, 0) is 39.0 Å². The van der Waals surface area contributed by atoms with Gasteiger partial charge in [0, 0.05) is 18.7 Å². The van der Waals surface area contributed by atoms with Crippen molar-refractivity contribution in [2.24, 2.45) is 5.73 Å². The van der Waals surface area contributed by atoms with Gasteiger partial charge in [0.05, 0.1) is 11.4 Å². The highest BCUT2D eigenvalue weighted by molar-refractivity contribution is 5.94. The Bertz CT molecular complexity index is 591. The van der Waals surface area contributed by atoms with Gasteiger partial charge in [-0.1, -0.05) is 12.2 Å². The second-order valence-electron chi connectivity index (χ2n) is 5.90. The van der Waals surface area contributed by atoms with Gasteiger partial charge < -0.3 is 26.8 Å². The van der Waals surface area contributed by atoms with Gasteiger partial charge in [0.15, 0.2) is 0 Å². The van der Waals surface area contributed by atoms with Crippen molar-refractivity contribution < 1.29 is 14.3 Å². The Kier molecular flexibility index (Phi) is 6.44. The van der Waals surface area contributed by atoms with Crippen LogP contribution < -0.4 is 22.1 Å². The summed E-state index contributed by atoms with van der Waals surface area (Å²) in [6.45, 7) is 6.31. The first-order valence-corrected chi connectivity index (χ1v) is 7.24. The molecule has 0 unspecified atom stereocenters. The van der Waals surface area contributed by atoms with Crippen LogP contribution in [0.25, 0.3) is 0 Å². The second kappa shape index (κ2) is 8.07. The molecule has 1 aromatic carbocycles. The van der Waals surface area contributed by atoms with Crippen LogP contribution in [0.15, 0.2) is 30.4 Å². The van der Waals surface area contributed by atoms with E-state index in [4.69, 9.17) is 16.2 Å². The topological polar surface area (TPSA) is 119 Å². The van der Waals surface area contributed by atoms with Gasteiger partial charge in [-0.25, -0.2) is 4.79 Å². The van der Waals surface area contributed by atoms with Crippen LogP contribution in [-0.4, -0.2) is 30.7 Å². The number of carbonyl (C=O) groups excluding carboxylic acids is 2. The first-order valence-electron chi connectivity index (χ1n) is 7.24. The van der Waals surface area contributed by atoms with Crippen molar-refractivity contribution in [3.63, 3.8) is 0 Å². The maximum absolute atomic E-state index is 11.4. The summed E-state index contributed by atoms with van der Waals surface area (Å²) in [5.41, 5.74) is 12.0. The minimum atomic E-state index is -0.517. The van der Waals surface area contributed by atoms with E-state index in [0.29, 0.717) is 30.0 Å². The van der Waals surface area contributed by atoms with Crippen molar-refractivity contribution in [3.8, 4) is 0 Å². The van der Waals surface area contributed by atoms with E-state index >= 15 is 0 Å². The number of rotatable bonds is 6. The highest BCUT2D eigenvalue weighted by Crippen LogP contribution is 2.19. The molecule has 0 atom stereocenters. The average Bonchev–Trinajstić information content (AvgIpc) is 2.41. The number of benzene rings is 1. The lowest BCUT2D eigenvalue weighted by Gasteiger charge is -2.19.